The number of hydrogen-bond donors (Lipinski definition) is 2. The number of fused-ring (bicyclic) bond motifs is 16. The molecule has 2 bridgehead atoms. The maximum absolute atomic E-state index is 13.4. The van der Waals surface area contributed by atoms with Crippen LogP contribution in [0.25, 0.3) is 0 Å². The minimum Gasteiger partial charge on any atom is -0.493 e. The second-order valence-corrected chi connectivity index (χ2v) is 10.1. The van der Waals surface area contributed by atoms with Gasteiger partial charge in [-0.25, -0.2) is 0 Å². The maximum atomic E-state index is 13.4. The van der Waals surface area contributed by atoms with Gasteiger partial charge in [-0.05, 0) is 56.2 Å². The van der Waals surface area contributed by atoms with Crippen LogP contribution in [0.5, 0.6) is 11.5 Å². The van der Waals surface area contributed by atoms with Crippen molar-refractivity contribution in [1.29, 1.82) is 0 Å². The van der Waals surface area contributed by atoms with Crippen LogP contribution >= 0.6 is 0 Å². The molecule has 2 aliphatic rings. The molecule has 0 aliphatic carbocycles. The Kier molecular flexibility index (Phi) is 12.4. The highest BCUT2D eigenvalue weighted by atomic mass is 16.5. The van der Waals surface area contributed by atoms with Crippen LogP contribution in [0.15, 0.2) is 18.2 Å². The lowest BCUT2D eigenvalue weighted by Gasteiger charge is -2.33. The first-order valence-electron chi connectivity index (χ1n) is 13.4. The van der Waals surface area contributed by atoms with Gasteiger partial charge >= 0.3 is 5.97 Å². The number of hydrogen-bond acceptors (Lipinski definition) is 7. The van der Waals surface area contributed by atoms with Crippen LogP contribution in [0.1, 0.15) is 58.9 Å². The third-order valence-corrected chi connectivity index (χ3v) is 6.64. The lowest BCUT2D eigenvalue weighted by atomic mass is 9.76. The third kappa shape index (κ3) is 9.54. The van der Waals surface area contributed by atoms with Crippen molar-refractivity contribution in [2.24, 2.45) is 11.3 Å². The Labute approximate surface area is 225 Å². The molecule has 0 aromatic heterocycles. The number of carbonyl (C=O) groups excluding carboxylic acids is 4. The molecule has 38 heavy (non-hydrogen) atoms. The third-order valence-electron chi connectivity index (χ3n) is 6.64. The van der Waals surface area contributed by atoms with Gasteiger partial charge in [-0.2, -0.15) is 0 Å². The van der Waals surface area contributed by atoms with E-state index < -0.39 is 5.41 Å². The lowest BCUT2D eigenvalue weighted by Crippen LogP contribution is -2.46. The Bertz CT molecular complexity index is 966. The van der Waals surface area contributed by atoms with E-state index in [2.05, 4.69) is 24.5 Å². The molecule has 3 amide bonds. The van der Waals surface area contributed by atoms with E-state index >= 15 is 0 Å². The number of ether oxygens (including phenoxy) is 3. The molecule has 0 saturated heterocycles. The molecule has 2 N–H and O–H groups in total. The smallest absolute Gasteiger partial charge is 0.314 e. The maximum Gasteiger partial charge on any atom is 0.314 e. The van der Waals surface area contributed by atoms with Crippen molar-refractivity contribution in [1.82, 2.24) is 15.5 Å². The number of benzene rings is 1. The van der Waals surface area contributed by atoms with Crippen LogP contribution < -0.4 is 20.1 Å². The fourth-order valence-electron chi connectivity index (χ4n) is 4.40. The highest BCUT2D eigenvalue weighted by molar-refractivity contribution is 5.81. The molecule has 212 valence electrons. The monoisotopic (exact) mass is 533 g/mol. The van der Waals surface area contributed by atoms with E-state index in [1.54, 1.807) is 24.0 Å². The van der Waals surface area contributed by atoms with Crippen molar-refractivity contribution in [3.63, 3.8) is 0 Å². The van der Waals surface area contributed by atoms with Crippen LogP contribution in [-0.2, 0) is 30.3 Å². The number of methoxy groups -OCH3 is 1. The Hall–Kier alpha value is -3.30. The van der Waals surface area contributed by atoms with Crippen molar-refractivity contribution in [3.8, 4) is 11.5 Å². The molecular weight excluding hydrogens is 490 g/mol. The lowest BCUT2D eigenvalue weighted by molar-refractivity contribution is -0.156. The van der Waals surface area contributed by atoms with Crippen LogP contribution in [-0.4, -0.2) is 75.1 Å². The molecule has 10 nitrogen and oxygen atoms in total. The van der Waals surface area contributed by atoms with Crippen LogP contribution in [0.2, 0.25) is 0 Å². The zero-order valence-corrected chi connectivity index (χ0v) is 23.4. The average Bonchev–Trinajstić information content (AvgIpc) is 2.88. The van der Waals surface area contributed by atoms with Crippen molar-refractivity contribution in [2.45, 2.75) is 59.8 Å². The Morgan fingerprint density at radius 2 is 1.92 bits per heavy atom. The SMILES string of the molecule is CCOC(=O)C1(CCC(C)C)CNC(=O)CCCN(C(C)=O)CCNC(=O)COc2ccc(cc2OC)C1. The quantitative estimate of drug-likeness (QED) is 0.425. The Morgan fingerprint density at radius 1 is 1.16 bits per heavy atom. The molecular formula is C28H43N3O7. The summed E-state index contributed by atoms with van der Waals surface area (Å²) in [6.07, 6.45) is 2.29. The summed E-state index contributed by atoms with van der Waals surface area (Å²) in [5.74, 6) is 0.162. The minimum absolute atomic E-state index is 0.132. The normalized spacial score (nSPS) is 19.9. The van der Waals surface area contributed by atoms with E-state index in [0.717, 1.165) is 12.0 Å². The van der Waals surface area contributed by atoms with Gasteiger partial charge in [0.15, 0.2) is 18.1 Å². The molecule has 1 aromatic carbocycles. The second kappa shape index (κ2) is 15.2. The Balaban J connectivity index is 2.42. The predicted molar refractivity (Wildman–Crippen MR) is 143 cm³/mol. The molecule has 1 atom stereocenters. The van der Waals surface area contributed by atoms with E-state index in [1.807, 2.05) is 6.07 Å². The summed E-state index contributed by atoms with van der Waals surface area (Å²) in [5, 5.41) is 5.71. The predicted octanol–water partition coefficient (Wildman–Crippen LogP) is 2.48. The first-order valence-corrected chi connectivity index (χ1v) is 13.4. The highest BCUT2D eigenvalue weighted by Gasteiger charge is 2.40. The topological polar surface area (TPSA) is 123 Å². The van der Waals surface area contributed by atoms with Crippen LogP contribution in [0.3, 0.4) is 0 Å². The zero-order valence-electron chi connectivity index (χ0n) is 23.4. The van der Waals surface area contributed by atoms with Gasteiger partial charge in [0.1, 0.15) is 0 Å². The molecule has 2 aliphatic heterocycles. The molecule has 0 radical (unpaired) electrons. The molecule has 3 rings (SSSR count). The van der Waals surface area contributed by atoms with E-state index in [1.165, 1.54) is 14.0 Å². The van der Waals surface area contributed by atoms with Crippen molar-refractivity contribution >= 4 is 23.7 Å². The number of nitrogens with one attached hydrogen (secondary N) is 2. The summed E-state index contributed by atoms with van der Waals surface area (Å²) in [7, 11) is 1.51. The summed E-state index contributed by atoms with van der Waals surface area (Å²) >= 11 is 0. The van der Waals surface area contributed by atoms with Gasteiger partial charge in [0.25, 0.3) is 5.91 Å². The number of nitrogens with zero attached hydrogens (tertiary/aromatic N) is 1. The molecule has 1 unspecified atom stereocenters. The van der Waals surface area contributed by atoms with Gasteiger partial charge in [0, 0.05) is 39.5 Å². The largest absolute Gasteiger partial charge is 0.493 e. The summed E-state index contributed by atoms with van der Waals surface area (Å²) in [6.45, 7) is 8.52. The van der Waals surface area contributed by atoms with E-state index in [-0.39, 0.29) is 56.4 Å². The van der Waals surface area contributed by atoms with Crippen LogP contribution in [0, 0.1) is 11.3 Å². The summed E-state index contributed by atoms with van der Waals surface area (Å²) in [4.78, 5) is 52.1. The summed E-state index contributed by atoms with van der Waals surface area (Å²) < 4.78 is 16.7. The minimum atomic E-state index is -0.975. The number of rotatable bonds is 6. The number of carbonyl (C=O) groups is 4. The molecule has 0 fully saturated rings. The first kappa shape index (κ1) is 30.9. The van der Waals surface area contributed by atoms with Gasteiger partial charge in [0.2, 0.25) is 11.8 Å². The van der Waals surface area contributed by atoms with Crippen LogP contribution in [0.4, 0.5) is 0 Å². The molecule has 10 heteroatoms. The number of esters is 1. The molecule has 1 aromatic rings. The van der Waals surface area contributed by atoms with Crippen molar-refractivity contribution in [3.05, 3.63) is 23.8 Å². The van der Waals surface area contributed by atoms with E-state index in [0.29, 0.717) is 49.8 Å². The molecule has 0 spiro atoms. The van der Waals surface area contributed by atoms with Gasteiger partial charge in [-0.15, -0.1) is 0 Å². The number of amides is 3. The van der Waals surface area contributed by atoms with Gasteiger partial charge < -0.3 is 29.7 Å². The molecule has 2 heterocycles. The summed E-state index contributed by atoms with van der Waals surface area (Å²) in [6, 6.07) is 5.33. The van der Waals surface area contributed by atoms with E-state index in [4.69, 9.17) is 14.2 Å². The van der Waals surface area contributed by atoms with Crippen molar-refractivity contribution < 1.29 is 33.4 Å². The Morgan fingerprint density at radius 3 is 2.58 bits per heavy atom. The van der Waals surface area contributed by atoms with Gasteiger partial charge in [0.05, 0.1) is 19.1 Å². The zero-order chi connectivity index (χ0) is 28.1. The second-order valence-electron chi connectivity index (χ2n) is 10.1. The standard InChI is InChI=1S/C28H43N3O7/c1-6-37-27(35)28(12-11-20(2)3)17-22-9-10-23(24(16-22)36-5)38-18-26(34)29-13-15-31(21(4)32)14-7-8-25(33)30-19-28/h9-10,16,20H,6-8,11-15,17-19H2,1-5H3,(H,29,34)(H,30,33). The fraction of sp³-hybridized carbons (Fsp3) is 0.643. The molecule has 0 saturated carbocycles. The fourth-order valence-corrected chi connectivity index (χ4v) is 4.40. The van der Waals surface area contributed by atoms with E-state index in [9.17, 15) is 19.2 Å². The average molecular weight is 534 g/mol. The van der Waals surface area contributed by atoms with Gasteiger partial charge in [-0.3, -0.25) is 19.2 Å². The highest BCUT2D eigenvalue weighted by Crippen LogP contribution is 2.35. The first-order chi connectivity index (χ1) is 18.1. The summed E-state index contributed by atoms with van der Waals surface area (Å²) in [5.41, 5.74) is -0.155. The van der Waals surface area contributed by atoms with Gasteiger partial charge in [-0.1, -0.05) is 19.9 Å². The van der Waals surface area contributed by atoms with Crippen molar-refractivity contribution in [2.75, 3.05) is 46.5 Å².